The molecule has 1 saturated heterocycles. The number of pyridine rings is 2. The van der Waals surface area contributed by atoms with Gasteiger partial charge in [0, 0.05) is 62.4 Å². The maximum absolute atomic E-state index is 12.5. The maximum Gasteiger partial charge on any atom is 0.252 e. The van der Waals surface area contributed by atoms with E-state index in [0.29, 0.717) is 6.54 Å². The summed E-state index contributed by atoms with van der Waals surface area (Å²) in [6.07, 6.45) is 3.65. The third-order valence-electron chi connectivity index (χ3n) is 4.92. The van der Waals surface area contributed by atoms with Crippen molar-refractivity contribution < 1.29 is 4.74 Å². The predicted octanol–water partition coefficient (Wildman–Crippen LogP) is 2.25. The van der Waals surface area contributed by atoms with Crippen molar-refractivity contribution in [2.24, 2.45) is 0 Å². The number of nitrogens with one attached hydrogen (secondary N) is 1. The van der Waals surface area contributed by atoms with Crippen LogP contribution in [0.4, 0.5) is 5.69 Å². The number of fused-ring (bicyclic) bond motifs is 1. The van der Waals surface area contributed by atoms with Gasteiger partial charge in [-0.3, -0.25) is 14.7 Å². The molecule has 6 nitrogen and oxygen atoms in total. The van der Waals surface area contributed by atoms with Crippen molar-refractivity contribution in [3.8, 4) is 5.75 Å². The molecular weight excluding hydrogens is 328 g/mol. The highest BCUT2D eigenvalue weighted by molar-refractivity contribution is 5.80. The van der Waals surface area contributed by atoms with E-state index in [4.69, 9.17) is 4.74 Å². The van der Waals surface area contributed by atoms with E-state index >= 15 is 0 Å². The van der Waals surface area contributed by atoms with Gasteiger partial charge in [-0.1, -0.05) is 0 Å². The van der Waals surface area contributed by atoms with Crippen LogP contribution < -0.4 is 15.2 Å². The van der Waals surface area contributed by atoms with Crippen LogP contribution in [0.15, 0.2) is 53.6 Å². The lowest BCUT2D eigenvalue weighted by atomic mass is 10.1. The second-order valence-electron chi connectivity index (χ2n) is 6.55. The number of anilines is 1. The maximum atomic E-state index is 12.5. The molecule has 1 aromatic carbocycles. The van der Waals surface area contributed by atoms with E-state index in [0.717, 1.165) is 48.4 Å². The van der Waals surface area contributed by atoms with Crippen molar-refractivity contribution in [3.63, 3.8) is 0 Å². The normalized spacial score (nSPS) is 15.3. The van der Waals surface area contributed by atoms with Gasteiger partial charge in [-0.15, -0.1) is 0 Å². The van der Waals surface area contributed by atoms with Crippen molar-refractivity contribution >= 4 is 16.6 Å². The van der Waals surface area contributed by atoms with Gasteiger partial charge in [0.15, 0.2) is 0 Å². The number of piperazine rings is 1. The molecule has 4 rings (SSSR count). The number of aromatic nitrogens is 2. The number of nitrogens with zero attached hydrogens (tertiary/aromatic N) is 3. The van der Waals surface area contributed by atoms with Crippen LogP contribution in [0.5, 0.6) is 5.75 Å². The highest BCUT2D eigenvalue weighted by Gasteiger charge is 2.18. The summed E-state index contributed by atoms with van der Waals surface area (Å²) in [7, 11) is 1.62. The molecule has 3 heterocycles. The number of aromatic amines is 1. The molecule has 0 spiro atoms. The fourth-order valence-corrected chi connectivity index (χ4v) is 3.43. The summed E-state index contributed by atoms with van der Waals surface area (Å²) in [6.45, 7) is 4.44. The molecule has 6 heteroatoms. The zero-order chi connectivity index (χ0) is 17.9. The molecule has 1 fully saturated rings. The predicted molar refractivity (Wildman–Crippen MR) is 103 cm³/mol. The molecule has 3 aromatic rings. The van der Waals surface area contributed by atoms with Crippen LogP contribution in [0, 0.1) is 0 Å². The van der Waals surface area contributed by atoms with Gasteiger partial charge in [-0.2, -0.15) is 0 Å². The fraction of sp³-hybridized carbons (Fsp3) is 0.300. The first-order chi connectivity index (χ1) is 12.7. The van der Waals surface area contributed by atoms with E-state index in [2.05, 4.69) is 19.8 Å². The van der Waals surface area contributed by atoms with E-state index in [9.17, 15) is 4.79 Å². The summed E-state index contributed by atoms with van der Waals surface area (Å²) in [4.78, 5) is 24.2. The number of rotatable bonds is 4. The first-order valence-electron chi connectivity index (χ1n) is 8.80. The molecule has 2 aromatic heterocycles. The third-order valence-corrected chi connectivity index (χ3v) is 4.92. The first-order valence-corrected chi connectivity index (χ1v) is 8.80. The summed E-state index contributed by atoms with van der Waals surface area (Å²) >= 11 is 0. The van der Waals surface area contributed by atoms with Crippen molar-refractivity contribution in [1.29, 1.82) is 0 Å². The van der Waals surface area contributed by atoms with Gasteiger partial charge in [0.05, 0.1) is 12.6 Å². The van der Waals surface area contributed by atoms with E-state index in [1.165, 1.54) is 5.69 Å². The third kappa shape index (κ3) is 3.41. The van der Waals surface area contributed by atoms with Gasteiger partial charge in [0.25, 0.3) is 5.56 Å². The highest BCUT2D eigenvalue weighted by Crippen LogP contribution is 2.20. The number of hydrogen-bond donors (Lipinski definition) is 1. The van der Waals surface area contributed by atoms with E-state index in [-0.39, 0.29) is 5.56 Å². The molecule has 0 unspecified atom stereocenters. The van der Waals surface area contributed by atoms with E-state index < -0.39 is 0 Å². The zero-order valence-electron chi connectivity index (χ0n) is 14.8. The number of ether oxygens (including phenoxy) is 1. The molecule has 0 radical (unpaired) electrons. The molecule has 0 aliphatic carbocycles. The number of methoxy groups -OCH3 is 1. The van der Waals surface area contributed by atoms with Crippen LogP contribution in [0.3, 0.4) is 0 Å². The summed E-state index contributed by atoms with van der Waals surface area (Å²) in [5.74, 6) is 0.744. The van der Waals surface area contributed by atoms with Gasteiger partial charge >= 0.3 is 0 Å². The van der Waals surface area contributed by atoms with Gasteiger partial charge in [0.1, 0.15) is 5.75 Å². The zero-order valence-corrected chi connectivity index (χ0v) is 14.8. The molecule has 134 valence electrons. The summed E-state index contributed by atoms with van der Waals surface area (Å²) in [5, 5.41) is 1.02. The molecule has 0 amide bonds. The van der Waals surface area contributed by atoms with Gasteiger partial charge in [-0.05, 0) is 35.7 Å². The Hall–Kier alpha value is -2.86. The fourth-order valence-electron chi connectivity index (χ4n) is 3.43. The van der Waals surface area contributed by atoms with Crippen LogP contribution in [0.25, 0.3) is 10.9 Å². The SMILES string of the molecule is COc1ccc2cc(CN3CCN(c4ccncc4)CC3)c(=O)[nH]c2c1. The Morgan fingerprint density at radius 1 is 1.08 bits per heavy atom. The molecule has 26 heavy (non-hydrogen) atoms. The lowest BCUT2D eigenvalue weighted by Crippen LogP contribution is -2.46. The topological polar surface area (TPSA) is 61.5 Å². The lowest BCUT2D eigenvalue weighted by molar-refractivity contribution is 0.249. The Morgan fingerprint density at radius 2 is 1.85 bits per heavy atom. The molecule has 1 aliphatic heterocycles. The quantitative estimate of drug-likeness (QED) is 0.782. The molecule has 0 bridgehead atoms. The molecule has 0 atom stereocenters. The van der Waals surface area contributed by atoms with Gasteiger partial charge in [-0.25, -0.2) is 0 Å². The van der Waals surface area contributed by atoms with E-state index in [1.54, 1.807) is 7.11 Å². The largest absolute Gasteiger partial charge is 0.497 e. The minimum atomic E-state index is -0.0256. The van der Waals surface area contributed by atoms with E-state index in [1.807, 2.05) is 48.8 Å². The minimum absolute atomic E-state index is 0.0256. The van der Waals surface area contributed by atoms with Gasteiger partial charge < -0.3 is 14.6 Å². The van der Waals surface area contributed by atoms with Gasteiger partial charge in [0.2, 0.25) is 0 Å². The average Bonchev–Trinajstić information content (AvgIpc) is 2.69. The van der Waals surface area contributed by atoms with Crippen LogP contribution in [0.2, 0.25) is 0 Å². The van der Waals surface area contributed by atoms with Crippen LogP contribution in [-0.2, 0) is 6.54 Å². The number of benzene rings is 1. The Morgan fingerprint density at radius 3 is 2.58 bits per heavy atom. The molecule has 1 N–H and O–H groups in total. The number of H-pyrrole nitrogens is 1. The lowest BCUT2D eigenvalue weighted by Gasteiger charge is -2.35. The second-order valence-corrected chi connectivity index (χ2v) is 6.55. The van der Waals surface area contributed by atoms with Crippen molar-refractivity contribution in [2.75, 3.05) is 38.2 Å². The standard InChI is InChI=1S/C20H22N4O2/c1-26-18-3-2-15-12-16(20(25)22-19(15)13-18)14-23-8-10-24(11-9-23)17-4-6-21-7-5-17/h2-7,12-13H,8-11,14H2,1H3,(H,22,25). The van der Waals surface area contributed by atoms with Crippen molar-refractivity contribution in [3.05, 3.63) is 64.7 Å². The minimum Gasteiger partial charge on any atom is -0.497 e. The Kier molecular flexibility index (Phi) is 4.58. The first kappa shape index (κ1) is 16.6. The molecular formula is C20H22N4O2. The summed E-state index contributed by atoms with van der Waals surface area (Å²) in [5.41, 5.74) is 2.79. The van der Waals surface area contributed by atoms with Crippen molar-refractivity contribution in [2.45, 2.75) is 6.54 Å². The second kappa shape index (κ2) is 7.17. The number of hydrogen-bond acceptors (Lipinski definition) is 5. The van der Waals surface area contributed by atoms with Crippen LogP contribution >= 0.6 is 0 Å². The highest BCUT2D eigenvalue weighted by atomic mass is 16.5. The summed E-state index contributed by atoms with van der Waals surface area (Å²) < 4.78 is 5.22. The average molecular weight is 350 g/mol. The molecule has 1 aliphatic rings. The van der Waals surface area contributed by atoms with Crippen LogP contribution in [-0.4, -0.2) is 48.2 Å². The van der Waals surface area contributed by atoms with Crippen molar-refractivity contribution in [1.82, 2.24) is 14.9 Å². The van der Waals surface area contributed by atoms with Crippen LogP contribution in [0.1, 0.15) is 5.56 Å². The Labute approximate surface area is 152 Å². The summed E-state index contributed by atoms with van der Waals surface area (Å²) in [6, 6.07) is 11.8. The molecule has 0 saturated carbocycles. The Bertz CT molecular complexity index is 947. The smallest absolute Gasteiger partial charge is 0.252 e. The monoisotopic (exact) mass is 350 g/mol. The Balaban J connectivity index is 1.46.